The van der Waals surface area contributed by atoms with E-state index in [2.05, 4.69) is 36.2 Å². The van der Waals surface area contributed by atoms with Crippen LogP contribution < -0.4 is 15.0 Å². The predicted octanol–water partition coefficient (Wildman–Crippen LogP) is 4.23. The highest BCUT2D eigenvalue weighted by atomic mass is 16.5. The molecular weight excluding hydrogens is 352 g/mol. The number of anilines is 2. The van der Waals surface area contributed by atoms with Gasteiger partial charge in [-0.3, -0.25) is 4.79 Å². The van der Waals surface area contributed by atoms with Crippen LogP contribution in [0.1, 0.15) is 32.3 Å². The van der Waals surface area contributed by atoms with Crippen molar-refractivity contribution in [2.75, 3.05) is 43.6 Å². The second-order valence-electron chi connectivity index (χ2n) is 7.78. The van der Waals surface area contributed by atoms with E-state index in [0.717, 1.165) is 38.4 Å². The lowest BCUT2D eigenvalue weighted by Crippen LogP contribution is -2.36. The van der Waals surface area contributed by atoms with Crippen molar-refractivity contribution in [3.8, 4) is 5.75 Å². The Bertz CT molecular complexity index is 784. The molecule has 0 aromatic heterocycles. The molecule has 0 spiro atoms. The van der Waals surface area contributed by atoms with Crippen LogP contribution in [0.25, 0.3) is 0 Å². The first-order valence-electron chi connectivity index (χ1n) is 9.86. The lowest BCUT2D eigenvalue weighted by Gasteiger charge is -2.29. The van der Waals surface area contributed by atoms with Crippen molar-refractivity contribution in [2.24, 2.45) is 0 Å². The van der Waals surface area contributed by atoms with E-state index < -0.39 is 0 Å². The van der Waals surface area contributed by atoms with E-state index in [1.54, 1.807) is 7.11 Å². The number of nitrogens with one attached hydrogen (secondary N) is 1. The SMILES string of the molecule is COc1ccc(N2CCOCC2)cc1NC(=O)CCC(C)(C)c1ccccc1. The molecule has 0 atom stereocenters. The van der Waals surface area contributed by atoms with E-state index in [1.165, 1.54) is 5.56 Å². The summed E-state index contributed by atoms with van der Waals surface area (Å²) in [5.74, 6) is 0.675. The van der Waals surface area contributed by atoms with E-state index >= 15 is 0 Å². The number of hydrogen-bond acceptors (Lipinski definition) is 4. The number of methoxy groups -OCH3 is 1. The van der Waals surface area contributed by atoms with Gasteiger partial charge in [0.05, 0.1) is 26.0 Å². The number of carbonyl (C=O) groups excluding carboxylic acids is 1. The summed E-state index contributed by atoms with van der Waals surface area (Å²) in [6.07, 6.45) is 1.22. The van der Waals surface area contributed by atoms with Crippen LogP contribution in [0.15, 0.2) is 48.5 Å². The number of hydrogen-bond donors (Lipinski definition) is 1. The predicted molar refractivity (Wildman–Crippen MR) is 113 cm³/mol. The number of ether oxygens (including phenoxy) is 2. The molecule has 1 saturated heterocycles. The Labute approximate surface area is 167 Å². The largest absolute Gasteiger partial charge is 0.495 e. The molecule has 2 aromatic rings. The Hall–Kier alpha value is -2.53. The van der Waals surface area contributed by atoms with Crippen molar-refractivity contribution in [3.05, 3.63) is 54.1 Å². The number of morpholine rings is 1. The summed E-state index contributed by atoms with van der Waals surface area (Å²) in [4.78, 5) is 14.9. The Morgan fingerprint density at radius 1 is 1.14 bits per heavy atom. The molecule has 2 aromatic carbocycles. The van der Waals surface area contributed by atoms with Crippen LogP contribution in [-0.2, 0) is 14.9 Å². The highest BCUT2D eigenvalue weighted by molar-refractivity contribution is 5.93. The summed E-state index contributed by atoms with van der Waals surface area (Å²) in [6, 6.07) is 16.3. The van der Waals surface area contributed by atoms with Crippen molar-refractivity contribution in [3.63, 3.8) is 0 Å². The fourth-order valence-electron chi connectivity index (χ4n) is 3.48. The molecule has 5 heteroatoms. The standard InChI is InChI=1S/C23H30N2O3/c1-23(2,18-7-5-4-6-8-18)12-11-22(26)24-20-17-19(9-10-21(20)27-3)25-13-15-28-16-14-25/h4-10,17H,11-16H2,1-3H3,(H,24,26). The molecule has 1 fully saturated rings. The van der Waals surface area contributed by atoms with Gasteiger partial charge < -0.3 is 19.7 Å². The van der Waals surface area contributed by atoms with Crippen molar-refractivity contribution < 1.29 is 14.3 Å². The van der Waals surface area contributed by atoms with Crippen LogP contribution in [-0.4, -0.2) is 39.3 Å². The first kappa shape index (κ1) is 20.2. The van der Waals surface area contributed by atoms with Crippen molar-refractivity contribution >= 4 is 17.3 Å². The van der Waals surface area contributed by atoms with Crippen molar-refractivity contribution in [2.45, 2.75) is 32.1 Å². The number of nitrogens with zero attached hydrogens (tertiary/aromatic N) is 1. The molecule has 0 bridgehead atoms. The summed E-state index contributed by atoms with van der Waals surface area (Å²) >= 11 is 0. The molecule has 3 rings (SSSR count). The second-order valence-corrected chi connectivity index (χ2v) is 7.78. The molecule has 1 aliphatic rings. The summed E-state index contributed by atoms with van der Waals surface area (Å²) in [5.41, 5.74) is 2.98. The normalized spacial score (nSPS) is 14.6. The average molecular weight is 383 g/mol. The summed E-state index contributed by atoms with van der Waals surface area (Å²) in [6.45, 7) is 7.50. The third-order valence-corrected chi connectivity index (χ3v) is 5.37. The molecule has 0 unspecified atom stereocenters. The number of benzene rings is 2. The molecule has 28 heavy (non-hydrogen) atoms. The quantitative estimate of drug-likeness (QED) is 0.779. The van der Waals surface area contributed by atoms with Gasteiger partial charge in [0, 0.05) is 25.2 Å². The van der Waals surface area contributed by atoms with Crippen LogP contribution in [0.2, 0.25) is 0 Å². The minimum Gasteiger partial charge on any atom is -0.495 e. The van der Waals surface area contributed by atoms with Gasteiger partial charge in [0.15, 0.2) is 0 Å². The third kappa shape index (κ3) is 5.04. The van der Waals surface area contributed by atoms with E-state index in [1.807, 2.05) is 36.4 Å². The summed E-state index contributed by atoms with van der Waals surface area (Å²) in [7, 11) is 1.62. The molecule has 1 amide bonds. The van der Waals surface area contributed by atoms with Gasteiger partial charge in [-0.2, -0.15) is 0 Å². The van der Waals surface area contributed by atoms with Crippen LogP contribution in [0, 0.1) is 0 Å². The minimum absolute atomic E-state index is 0.00133. The average Bonchev–Trinajstić information content (AvgIpc) is 2.73. The topological polar surface area (TPSA) is 50.8 Å². The smallest absolute Gasteiger partial charge is 0.224 e. The molecular formula is C23H30N2O3. The van der Waals surface area contributed by atoms with Gasteiger partial charge >= 0.3 is 0 Å². The van der Waals surface area contributed by atoms with Gasteiger partial charge in [-0.05, 0) is 35.6 Å². The molecule has 0 radical (unpaired) electrons. The van der Waals surface area contributed by atoms with Crippen LogP contribution in [0.3, 0.4) is 0 Å². The summed E-state index contributed by atoms with van der Waals surface area (Å²) < 4.78 is 10.9. The minimum atomic E-state index is -0.0572. The van der Waals surface area contributed by atoms with Crippen LogP contribution in [0.4, 0.5) is 11.4 Å². The Kier molecular flexibility index (Phi) is 6.57. The van der Waals surface area contributed by atoms with E-state index in [4.69, 9.17) is 9.47 Å². The van der Waals surface area contributed by atoms with Gasteiger partial charge in [-0.1, -0.05) is 44.2 Å². The van der Waals surface area contributed by atoms with Crippen LogP contribution >= 0.6 is 0 Å². The fraction of sp³-hybridized carbons (Fsp3) is 0.435. The maximum atomic E-state index is 12.6. The Morgan fingerprint density at radius 2 is 1.86 bits per heavy atom. The molecule has 0 saturated carbocycles. The first-order chi connectivity index (χ1) is 13.5. The third-order valence-electron chi connectivity index (χ3n) is 5.37. The maximum Gasteiger partial charge on any atom is 0.224 e. The zero-order chi connectivity index (χ0) is 20.0. The van der Waals surface area contributed by atoms with Crippen molar-refractivity contribution in [1.82, 2.24) is 0 Å². The molecule has 1 heterocycles. The number of carbonyl (C=O) groups is 1. The molecule has 1 aliphatic heterocycles. The Morgan fingerprint density at radius 3 is 2.54 bits per heavy atom. The summed E-state index contributed by atoms with van der Waals surface area (Å²) in [5, 5.41) is 3.04. The Balaban J connectivity index is 1.65. The van der Waals surface area contributed by atoms with Crippen LogP contribution in [0.5, 0.6) is 5.75 Å². The van der Waals surface area contributed by atoms with E-state index in [-0.39, 0.29) is 11.3 Å². The molecule has 0 aliphatic carbocycles. The zero-order valence-electron chi connectivity index (χ0n) is 17.0. The maximum absolute atomic E-state index is 12.6. The van der Waals surface area contributed by atoms with E-state index in [9.17, 15) is 4.79 Å². The monoisotopic (exact) mass is 382 g/mol. The zero-order valence-corrected chi connectivity index (χ0v) is 17.0. The van der Waals surface area contributed by atoms with E-state index in [0.29, 0.717) is 17.9 Å². The first-order valence-corrected chi connectivity index (χ1v) is 9.86. The van der Waals surface area contributed by atoms with Gasteiger partial charge in [-0.25, -0.2) is 0 Å². The number of amides is 1. The lowest BCUT2D eigenvalue weighted by atomic mass is 9.80. The van der Waals surface area contributed by atoms with Gasteiger partial charge in [-0.15, -0.1) is 0 Å². The van der Waals surface area contributed by atoms with Gasteiger partial charge in [0.1, 0.15) is 5.75 Å². The van der Waals surface area contributed by atoms with Crippen molar-refractivity contribution in [1.29, 1.82) is 0 Å². The highest BCUT2D eigenvalue weighted by Gasteiger charge is 2.22. The second kappa shape index (κ2) is 9.11. The molecule has 150 valence electrons. The fourth-order valence-corrected chi connectivity index (χ4v) is 3.48. The molecule has 5 nitrogen and oxygen atoms in total. The lowest BCUT2D eigenvalue weighted by molar-refractivity contribution is -0.116. The molecule has 1 N–H and O–H groups in total. The number of rotatable bonds is 7. The van der Waals surface area contributed by atoms with Gasteiger partial charge in [0.2, 0.25) is 5.91 Å². The highest BCUT2D eigenvalue weighted by Crippen LogP contribution is 2.32. The van der Waals surface area contributed by atoms with Gasteiger partial charge in [0.25, 0.3) is 0 Å².